The van der Waals surface area contributed by atoms with E-state index in [1.54, 1.807) is 38.1 Å². The van der Waals surface area contributed by atoms with E-state index in [0.717, 1.165) is 0 Å². The quantitative estimate of drug-likeness (QED) is 0.403. The summed E-state index contributed by atoms with van der Waals surface area (Å²) in [5.74, 6) is 1.84. The average Bonchev–Trinajstić information content (AvgIpc) is 2.85. The van der Waals surface area contributed by atoms with Gasteiger partial charge >= 0.3 is 0 Å². The van der Waals surface area contributed by atoms with Gasteiger partial charge in [0.25, 0.3) is 5.91 Å². The first kappa shape index (κ1) is 24.8. The number of aromatic nitrogens is 2. The molecule has 3 heterocycles. The van der Waals surface area contributed by atoms with Crippen molar-refractivity contribution in [3.05, 3.63) is 41.7 Å². The molecule has 0 atom stereocenters. The van der Waals surface area contributed by atoms with E-state index >= 15 is 0 Å². The SMILES string of the molecule is CCc1cc(F)c(Nc2ccc3c(n2)NC(=O)C(C)(C)O3)nc1Nc1cc(OC)c(OC)c(OC)c1. The lowest BCUT2D eigenvalue weighted by Gasteiger charge is -2.30. The molecule has 0 saturated carbocycles. The Kier molecular flexibility index (Phi) is 6.73. The van der Waals surface area contributed by atoms with Crippen molar-refractivity contribution in [1.82, 2.24) is 9.97 Å². The number of aryl methyl sites for hydroxylation is 1. The van der Waals surface area contributed by atoms with Gasteiger partial charge in [0.05, 0.1) is 21.3 Å². The van der Waals surface area contributed by atoms with Gasteiger partial charge in [0.2, 0.25) is 5.75 Å². The molecule has 1 aliphatic heterocycles. The fourth-order valence-corrected chi connectivity index (χ4v) is 3.67. The highest BCUT2D eigenvalue weighted by Crippen LogP contribution is 2.41. The summed E-state index contributed by atoms with van der Waals surface area (Å²) in [6, 6.07) is 8.14. The van der Waals surface area contributed by atoms with Crippen LogP contribution in [-0.2, 0) is 11.2 Å². The number of rotatable bonds is 8. The van der Waals surface area contributed by atoms with Crippen LogP contribution in [0.3, 0.4) is 0 Å². The third-order valence-corrected chi connectivity index (χ3v) is 5.61. The van der Waals surface area contributed by atoms with Crippen LogP contribution in [0.2, 0.25) is 0 Å². The van der Waals surface area contributed by atoms with Crippen LogP contribution < -0.4 is 34.9 Å². The number of fused-ring (bicyclic) bond motifs is 1. The van der Waals surface area contributed by atoms with Crippen LogP contribution >= 0.6 is 0 Å². The number of benzene rings is 1. The third kappa shape index (κ3) is 4.77. The van der Waals surface area contributed by atoms with Gasteiger partial charge in [-0.1, -0.05) is 6.92 Å². The summed E-state index contributed by atoms with van der Waals surface area (Å²) in [6.45, 7) is 5.22. The van der Waals surface area contributed by atoms with Crippen LogP contribution in [0.15, 0.2) is 30.3 Å². The molecule has 4 rings (SSSR count). The molecule has 1 aliphatic rings. The smallest absolute Gasteiger partial charge is 0.269 e. The van der Waals surface area contributed by atoms with E-state index in [0.29, 0.717) is 46.5 Å². The van der Waals surface area contributed by atoms with E-state index in [9.17, 15) is 9.18 Å². The lowest BCUT2D eigenvalue weighted by molar-refractivity contribution is -0.129. The molecule has 2 aromatic heterocycles. The fraction of sp³-hybridized carbons (Fsp3) is 0.320. The van der Waals surface area contributed by atoms with Crippen molar-refractivity contribution in [2.75, 3.05) is 37.3 Å². The van der Waals surface area contributed by atoms with Gasteiger partial charge in [0.15, 0.2) is 40.3 Å². The number of nitrogens with one attached hydrogen (secondary N) is 3. The number of carbonyl (C=O) groups is 1. The van der Waals surface area contributed by atoms with Crippen molar-refractivity contribution in [1.29, 1.82) is 0 Å². The number of hydrogen-bond acceptors (Lipinski definition) is 9. The number of methoxy groups -OCH3 is 3. The Balaban J connectivity index is 1.66. The third-order valence-electron chi connectivity index (χ3n) is 5.61. The van der Waals surface area contributed by atoms with Crippen molar-refractivity contribution in [2.45, 2.75) is 32.8 Å². The second-order valence-electron chi connectivity index (χ2n) is 8.45. The Morgan fingerprint density at radius 2 is 1.69 bits per heavy atom. The Morgan fingerprint density at radius 3 is 2.31 bits per heavy atom. The van der Waals surface area contributed by atoms with Crippen molar-refractivity contribution >= 4 is 34.9 Å². The van der Waals surface area contributed by atoms with Gasteiger partial charge in [-0.3, -0.25) is 4.79 Å². The minimum Gasteiger partial charge on any atom is -0.493 e. The lowest BCUT2D eigenvalue weighted by Crippen LogP contribution is -2.46. The second-order valence-corrected chi connectivity index (χ2v) is 8.45. The van der Waals surface area contributed by atoms with Crippen LogP contribution in [0.5, 0.6) is 23.0 Å². The van der Waals surface area contributed by atoms with Crippen LogP contribution in [0.25, 0.3) is 0 Å². The first-order valence-electron chi connectivity index (χ1n) is 11.2. The Hall–Kier alpha value is -4.28. The number of nitrogens with zero attached hydrogens (tertiary/aromatic N) is 2. The zero-order valence-electron chi connectivity index (χ0n) is 20.9. The summed E-state index contributed by atoms with van der Waals surface area (Å²) in [5.41, 5.74) is 0.257. The van der Waals surface area contributed by atoms with Gasteiger partial charge in [-0.2, -0.15) is 0 Å². The predicted molar refractivity (Wildman–Crippen MR) is 134 cm³/mol. The Bertz CT molecular complexity index is 1290. The molecule has 0 bridgehead atoms. The van der Waals surface area contributed by atoms with Crippen molar-refractivity contribution < 1.29 is 28.1 Å². The topological polar surface area (TPSA) is 116 Å². The molecule has 36 heavy (non-hydrogen) atoms. The molecule has 11 heteroatoms. The van der Waals surface area contributed by atoms with Gasteiger partial charge in [0, 0.05) is 17.8 Å². The van der Waals surface area contributed by atoms with Gasteiger partial charge in [-0.15, -0.1) is 0 Å². The molecule has 3 N–H and O–H groups in total. The van der Waals surface area contributed by atoms with Crippen LogP contribution in [0.4, 0.5) is 33.3 Å². The van der Waals surface area contributed by atoms with E-state index in [1.165, 1.54) is 27.4 Å². The number of hydrogen-bond donors (Lipinski definition) is 3. The van der Waals surface area contributed by atoms with Crippen molar-refractivity contribution in [2.24, 2.45) is 0 Å². The maximum atomic E-state index is 14.9. The average molecular weight is 498 g/mol. The molecular formula is C25H28FN5O5. The molecule has 0 spiro atoms. The number of ether oxygens (including phenoxy) is 4. The fourth-order valence-electron chi connectivity index (χ4n) is 3.67. The summed E-state index contributed by atoms with van der Waals surface area (Å²) in [5, 5.41) is 8.81. The van der Waals surface area contributed by atoms with Gasteiger partial charge in [-0.05, 0) is 44.0 Å². The van der Waals surface area contributed by atoms with E-state index < -0.39 is 11.4 Å². The van der Waals surface area contributed by atoms with Crippen LogP contribution in [0, 0.1) is 5.82 Å². The molecule has 1 aromatic carbocycles. The highest BCUT2D eigenvalue weighted by Gasteiger charge is 2.36. The second kappa shape index (κ2) is 9.76. The largest absolute Gasteiger partial charge is 0.493 e. The Morgan fingerprint density at radius 1 is 1.00 bits per heavy atom. The number of carbonyl (C=O) groups excluding carboxylic acids is 1. The first-order chi connectivity index (χ1) is 17.2. The molecule has 0 unspecified atom stereocenters. The number of amides is 1. The summed E-state index contributed by atoms with van der Waals surface area (Å²) in [4.78, 5) is 21.0. The predicted octanol–water partition coefficient (Wildman–Crippen LogP) is 4.80. The van der Waals surface area contributed by atoms with E-state index in [4.69, 9.17) is 18.9 Å². The van der Waals surface area contributed by atoms with Crippen molar-refractivity contribution in [3.63, 3.8) is 0 Å². The van der Waals surface area contributed by atoms with Crippen LogP contribution in [0.1, 0.15) is 26.3 Å². The van der Waals surface area contributed by atoms with Crippen molar-refractivity contribution in [3.8, 4) is 23.0 Å². The molecule has 0 saturated heterocycles. The van der Waals surface area contributed by atoms with Gasteiger partial charge in [-0.25, -0.2) is 14.4 Å². The van der Waals surface area contributed by atoms with E-state index in [2.05, 4.69) is 25.9 Å². The molecule has 190 valence electrons. The maximum Gasteiger partial charge on any atom is 0.269 e. The highest BCUT2D eigenvalue weighted by atomic mass is 19.1. The monoisotopic (exact) mass is 497 g/mol. The number of pyridine rings is 2. The summed E-state index contributed by atoms with van der Waals surface area (Å²) in [6.07, 6.45) is 0.535. The zero-order chi connectivity index (χ0) is 26.0. The molecule has 0 radical (unpaired) electrons. The Labute approximate surface area is 208 Å². The zero-order valence-corrected chi connectivity index (χ0v) is 20.9. The molecule has 3 aromatic rings. The minimum atomic E-state index is -1.01. The molecular weight excluding hydrogens is 469 g/mol. The molecule has 1 amide bonds. The number of anilines is 5. The minimum absolute atomic E-state index is 0.0435. The van der Waals surface area contributed by atoms with Crippen LogP contribution in [-0.4, -0.2) is 42.8 Å². The molecule has 10 nitrogen and oxygen atoms in total. The molecule has 0 aliphatic carbocycles. The number of halogens is 1. The van der Waals surface area contributed by atoms with E-state index in [1.807, 2.05) is 6.92 Å². The highest BCUT2D eigenvalue weighted by molar-refractivity contribution is 5.99. The van der Waals surface area contributed by atoms with Gasteiger partial charge in [0.1, 0.15) is 11.6 Å². The molecule has 0 fully saturated rings. The lowest BCUT2D eigenvalue weighted by atomic mass is 10.1. The first-order valence-corrected chi connectivity index (χ1v) is 11.2. The standard InChI is InChI=1S/C25H28FN5O5/c1-7-13-10-15(26)22(28-19-9-8-16-23(29-19)31-24(32)25(2,3)36-16)30-21(13)27-14-11-17(33-4)20(35-6)18(12-14)34-5/h8-12H,7H2,1-6H3,(H3,27,28,29,30,31,32). The normalized spacial score (nSPS) is 13.7. The summed E-state index contributed by atoms with van der Waals surface area (Å²) < 4.78 is 36.9. The maximum absolute atomic E-state index is 14.9. The summed E-state index contributed by atoms with van der Waals surface area (Å²) in [7, 11) is 4.57. The summed E-state index contributed by atoms with van der Waals surface area (Å²) >= 11 is 0. The van der Waals surface area contributed by atoms with Gasteiger partial charge < -0.3 is 34.9 Å². The van der Waals surface area contributed by atoms with E-state index in [-0.39, 0.29) is 23.4 Å².